The van der Waals surface area contributed by atoms with E-state index < -0.39 is 0 Å². The first kappa shape index (κ1) is 10.3. The Morgan fingerprint density at radius 2 is 1.00 bits per heavy atom. The third-order valence-corrected chi connectivity index (χ3v) is 3.69. The van der Waals surface area contributed by atoms with Gasteiger partial charge in [-0.3, -0.25) is 0 Å². The maximum atomic E-state index is 2.32. The Kier molecular flexibility index (Phi) is 3.87. The monoisotopic (exact) mass is 282 g/mol. The van der Waals surface area contributed by atoms with Gasteiger partial charge in [-0.2, -0.15) is 0 Å². The van der Waals surface area contributed by atoms with Gasteiger partial charge in [0.2, 0.25) is 0 Å². The van der Waals surface area contributed by atoms with Crippen molar-refractivity contribution in [3.05, 3.63) is 71.8 Å². The number of benzene rings is 2. The van der Waals surface area contributed by atoms with Gasteiger partial charge < -0.3 is 0 Å². The summed E-state index contributed by atoms with van der Waals surface area (Å²) in [7, 11) is 0. The molecule has 0 aliphatic carbocycles. The summed E-state index contributed by atoms with van der Waals surface area (Å²) in [6, 6.07) is 21.0. The quantitative estimate of drug-likeness (QED) is 0.743. The molecule has 0 atom stereocenters. The van der Waals surface area contributed by atoms with Crippen LogP contribution in [-0.4, -0.2) is 9.22 Å². The van der Waals surface area contributed by atoms with Crippen molar-refractivity contribution < 1.29 is 16.2 Å². The average molecular weight is 281 g/mol. The van der Waals surface area contributed by atoms with Gasteiger partial charge in [-0.1, -0.05) is 0 Å². The van der Waals surface area contributed by atoms with Gasteiger partial charge in [-0.25, -0.2) is 0 Å². The maximum absolute atomic E-state index is 2.32. The Bertz CT molecular complexity index is 422. The van der Waals surface area contributed by atoms with Crippen molar-refractivity contribution in [3.63, 3.8) is 0 Å². The molecule has 0 saturated carbocycles. The van der Waals surface area contributed by atoms with Crippen molar-refractivity contribution >= 4 is 9.22 Å². The zero-order valence-electron chi connectivity index (χ0n) is 8.28. The Labute approximate surface area is 97.2 Å². The molecule has 0 saturated heterocycles. The first-order valence-electron chi connectivity index (χ1n) is 4.81. The topological polar surface area (TPSA) is 0 Å². The van der Waals surface area contributed by atoms with Crippen molar-refractivity contribution in [3.8, 4) is 0 Å². The van der Waals surface area contributed by atoms with Gasteiger partial charge >= 0.3 is 97.2 Å². The summed E-state index contributed by atoms with van der Waals surface area (Å²) < 4.78 is 4.64. The summed E-state index contributed by atoms with van der Waals surface area (Å²) >= 11 is 0.193. The molecule has 0 aliphatic heterocycles. The van der Waals surface area contributed by atoms with Gasteiger partial charge in [0.25, 0.3) is 0 Å². The average Bonchev–Trinajstić information content (AvgIpc) is 2.32. The molecule has 0 aliphatic rings. The fourth-order valence-electron chi connectivity index (χ4n) is 1.21. The normalized spacial score (nSPS) is 9.60. The molecule has 2 rings (SSSR count). The molecule has 0 heterocycles. The Balaban J connectivity index is 2.16. The second-order valence-electron chi connectivity index (χ2n) is 3.14. The Morgan fingerprint density at radius 1 is 0.600 bits per heavy atom. The van der Waals surface area contributed by atoms with Crippen molar-refractivity contribution in [2.45, 2.75) is 0 Å². The van der Waals surface area contributed by atoms with E-state index in [0.29, 0.717) is 0 Å². The molecule has 2 aromatic carbocycles. The van der Waals surface area contributed by atoms with E-state index in [9.17, 15) is 0 Å². The van der Waals surface area contributed by atoms with E-state index in [-0.39, 0.29) is 16.2 Å². The minimum absolute atomic E-state index is 0.193. The summed E-state index contributed by atoms with van der Waals surface area (Å²) in [5, 5.41) is 0. The first-order valence-corrected chi connectivity index (χ1v) is 6.81. The molecule has 76 valence electrons. The van der Waals surface area contributed by atoms with Crippen LogP contribution in [0.25, 0.3) is 0 Å². The molecular weight excluding hydrogens is 269 g/mol. The van der Waals surface area contributed by atoms with Gasteiger partial charge in [-0.15, -0.1) is 0 Å². The van der Waals surface area contributed by atoms with Crippen LogP contribution < -0.4 is 0 Å². The molecule has 0 bridgehead atoms. The van der Waals surface area contributed by atoms with E-state index in [0.717, 1.165) is 0 Å². The Morgan fingerprint density at radius 3 is 1.40 bits per heavy atom. The van der Waals surface area contributed by atoms with Crippen LogP contribution in [0.5, 0.6) is 0 Å². The van der Waals surface area contributed by atoms with Crippen molar-refractivity contribution in [2.24, 2.45) is 0 Å². The van der Waals surface area contributed by atoms with Crippen LogP contribution in [-0.2, 0) is 16.2 Å². The molecule has 0 radical (unpaired) electrons. The van der Waals surface area contributed by atoms with E-state index in [1.807, 2.05) is 12.1 Å². The summed E-state index contributed by atoms with van der Waals surface area (Å²) in [6.45, 7) is 0. The molecule has 0 fully saturated rings. The fraction of sp³-hybridized carbons (Fsp3) is 0. The van der Waals surface area contributed by atoms with Crippen LogP contribution in [0.15, 0.2) is 60.7 Å². The van der Waals surface area contributed by atoms with Crippen LogP contribution in [0.1, 0.15) is 11.1 Å². The van der Waals surface area contributed by atoms with E-state index in [1.54, 1.807) is 0 Å². The van der Waals surface area contributed by atoms with Gasteiger partial charge in [0.05, 0.1) is 0 Å². The van der Waals surface area contributed by atoms with E-state index in [4.69, 9.17) is 0 Å². The Hall–Kier alpha value is -1.20. The predicted octanol–water partition coefficient (Wildman–Crippen LogP) is 2.77. The van der Waals surface area contributed by atoms with Crippen molar-refractivity contribution in [1.82, 2.24) is 0 Å². The minimum atomic E-state index is 0.193. The second kappa shape index (κ2) is 5.63. The van der Waals surface area contributed by atoms with Gasteiger partial charge in [0.1, 0.15) is 0 Å². The summed E-state index contributed by atoms with van der Waals surface area (Å²) in [4.78, 5) is 0. The van der Waals surface area contributed by atoms with Gasteiger partial charge in [0, 0.05) is 0 Å². The molecule has 0 nitrogen and oxygen atoms in total. The number of hydrogen-bond donors (Lipinski definition) is 0. The first-order chi connectivity index (χ1) is 7.45. The summed E-state index contributed by atoms with van der Waals surface area (Å²) in [5.41, 5.74) is 2.64. The van der Waals surface area contributed by atoms with E-state index in [2.05, 4.69) is 57.7 Å². The standard InChI is InChI=1S/2C7H6.Ru/c2*1-7-5-3-2-4-6-7;/h2*1-6H;. The zero-order valence-corrected chi connectivity index (χ0v) is 10.0. The van der Waals surface area contributed by atoms with Crippen LogP contribution in [0.3, 0.4) is 0 Å². The molecule has 1 heteroatoms. The molecule has 15 heavy (non-hydrogen) atoms. The fourth-order valence-corrected chi connectivity index (χ4v) is 2.69. The molecule has 0 spiro atoms. The SMILES string of the molecule is [CH](=[Ru]=[CH]c1ccccc1)c1ccccc1. The number of hydrogen-bond acceptors (Lipinski definition) is 0. The molecule has 2 aromatic rings. The third kappa shape index (κ3) is 3.45. The summed E-state index contributed by atoms with van der Waals surface area (Å²) in [6.07, 6.45) is 0. The molecule has 0 amide bonds. The van der Waals surface area contributed by atoms with E-state index in [1.165, 1.54) is 11.1 Å². The molecule has 0 aromatic heterocycles. The van der Waals surface area contributed by atoms with Crippen LogP contribution in [0, 0.1) is 0 Å². The van der Waals surface area contributed by atoms with Gasteiger partial charge in [0.15, 0.2) is 0 Å². The summed E-state index contributed by atoms with van der Waals surface area (Å²) in [5.74, 6) is 0. The molecule has 0 N–H and O–H groups in total. The van der Waals surface area contributed by atoms with Gasteiger partial charge in [-0.05, 0) is 0 Å². The van der Waals surface area contributed by atoms with E-state index >= 15 is 0 Å². The third-order valence-electron chi connectivity index (χ3n) is 1.95. The van der Waals surface area contributed by atoms with Crippen LogP contribution in [0.4, 0.5) is 0 Å². The second-order valence-corrected chi connectivity index (χ2v) is 4.73. The number of rotatable bonds is 2. The van der Waals surface area contributed by atoms with Crippen molar-refractivity contribution in [1.29, 1.82) is 0 Å². The zero-order chi connectivity index (χ0) is 10.3. The van der Waals surface area contributed by atoms with Crippen LogP contribution >= 0.6 is 0 Å². The van der Waals surface area contributed by atoms with Crippen molar-refractivity contribution in [2.75, 3.05) is 0 Å². The molecule has 0 unspecified atom stereocenters. The van der Waals surface area contributed by atoms with Crippen LogP contribution in [0.2, 0.25) is 0 Å². The molecular formula is C14H12Ru. The predicted molar refractivity (Wildman–Crippen MR) is 63.2 cm³/mol.